The molecule has 1 aromatic rings. The second-order valence-electron chi connectivity index (χ2n) is 3.96. The lowest BCUT2D eigenvalue weighted by Gasteiger charge is -2.17. The fourth-order valence-electron chi connectivity index (χ4n) is 1.66. The van der Waals surface area contributed by atoms with Crippen LogP contribution in [-0.4, -0.2) is 42.8 Å². The van der Waals surface area contributed by atoms with Gasteiger partial charge in [-0.2, -0.15) is 0 Å². The molecule has 1 fully saturated rings. The Hall–Kier alpha value is -1.36. The topological polar surface area (TPSA) is 50.3 Å². The lowest BCUT2D eigenvalue weighted by Crippen LogP contribution is -2.21. The standard InChI is InChI=1S/C11H18N4O/c1-3-15(2)10-6-11(14-8-13-10)16-9-4-5-12-7-9/h6,8-9,12H,3-5,7H2,1-2H3. The van der Waals surface area contributed by atoms with Crippen LogP contribution in [0, 0.1) is 0 Å². The van der Waals surface area contributed by atoms with Crippen LogP contribution in [0.2, 0.25) is 0 Å². The second-order valence-corrected chi connectivity index (χ2v) is 3.96. The zero-order valence-electron chi connectivity index (χ0n) is 9.81. The summed E-state index contributed by atoms with van der Waals surface area (Å²) in [4.78, 5) is 10.4. The molecule has 1 aliphatic rings. The summed E-state index contributed by atoms with van der Waals surface area (Å²) >= 11 is 0. The summed E-state index contributed by atoms with van der Waals surface area (Å²) in [7, 11) is 2.00. The van der Waals surface area contributed by atoms with Crippen LogP contribution in [0.3, 0.4) is 0 Å². The molecular weight excluding hydrogens is 204 g/mol. The lowest BCUT2D eigenvalue weighted by molar-refractivity contribution is 0.213. The molecule has 0 amide bonds. The number of nitrogens with one attached hydrogen (secondary N) is 1. The molecule has 0 saturated carbocycles. The molecule has 88 valence electrons. The summed E-state index contributed by atoms with van der Waals surface area (Å²) in [5.41, 5.74) is 0. The van der Waals surface area contributed by atoms with Crippen molar-refractivity contribution in [2.45, 2.75) is 19.4 Å². The maximum atomic E-state index is 5.77. The van der Waals surface area contributed by atoms with Gasteiger partial charge in [0, 0.05) is 26.2 Å². The third-order valence-corrected chi connectivity index (χ3v) is 2.80. The first-order chi connectivity index (χ1) is 7.79. The summed E-state index contributed by atoms with van der Waals surface area (Å²) in [6.07, 6.45) is 2.84. The molecule has 1 N–H and O–H groups in total. The van der Waals surface area contributed by atoms with Crippen LogP contribution >= 0.6 is 0 Å². The molecule has 1 aromatic heterocycles. The molecule has 16 heavy (non-hydrogen) atoms. The van der Waals surface area contributed by atoms with Crippen molar-refractivity contribution in [3.05, 3.63) is 12.4 Å². The third-order valence-electron chi connectivity index (χ3n) is 2.80. The van der Waals surface area contributed by atoms with Crippen molar-refractivity contribution in [3.8, 4) is 5.88 Å². The first-order valence-corrected chi connectivity index (χ1v) is 5.70. The first-order valence-electron chi connectivity index (χ1n) is 5.70. The van der Waals surface area contributed by atoms with E-state index in [4.69, 9.17) is 4.74 Å². The second kappa shape index (κ2) is 5.12. The number of hydrogen-bond acceptors (Lipinski definition) is 5. The van der Waals surface area contributed by atoms with Crippen LogP contribution in [0.25, 0.3) is 0 Å². The van der Waals surface area contributed by atoms with Gasteiger partial charge in [0.1, 0.15) is 18.2 Å². The highest BCUT2D eigenvalue weighted by molar-refractivity contribution is 5.39. The number of aromatic nitrogens is 2. The summed E-state index contributed by atoms with van der Waals surface area (Å²) in [5, 5.41) is 3.26. The summed E-state index contributed by atoms with van der Waals surface area (Å²) < 4.78 is 5.77. The Balaban J connectivity index is 2.03. The largest absolute Gasteiger partial charge is 0.473 e. The van der Waals surface area contributed by atoms with E-state index in [1.165, 1.54) is 0 Å². The third kappa shape index (κ3) is 2.61. The SMILES string of the molecule is CCN(C)c1cc(OC2CCNC2)ncn1. The fraction of sp³-hybridized carbons (Fsp3) is 0.636. The van der Waals surface area contributed by atoms with Crippen molar-refractivity contribution in [1.29, 1.82) is 0 Å². The maximum Gasteiger partial charge on any atom is 0.218 e. The molecule has 5 nitrogen and oxygen atoms in total. The van der Waals surface area contributed by atoms with Crippen LogP contribution < -0.4 is 15.0 Å². The molecule has 0 aliphatic carbocycles. The molecule has 2 heterocycles. The molecule has 0 spiro atoms. The number of anilines is 1. The van der Waals surface area contributed by atoms with Crippen molar-refractivity contribution in [3.63, 3.8) is 0 Å². The van der Waals surface area contributed by atoms with E-state index < -0.39 is 0 Å². The van der Waals surface area contributed by atoms with Crippen LogP contribution in [0.5, 0.6) is 5.88 Å². The average Bonchev–Trinajstić information content (AvgIpc) is 2.81. The normalized spacial score (nSPS) is 19.8. The molecule has 0 aromatic carbocycles. The van der Waals surface area contributed by atoms with E-state index in [9.17, 15) is 0 Å². The summed E-state index contributed by atoms with van der Waals surface area (Å²) in [6.45, 7) is 4.94. The van der Waals surface area contributed by atoms with E-state index in [1.807, 2.05) is 13.1 Å². The van der Waals surface area contributed by atoms with Crippen LogP contribution in [0.15, 0.2) is 12.4 Å². The van der Waals surface area contributed by atoms with E-state index in [2.05, 4.69) is 27.1 Å². The Morgan fingerprint density at radius 1 is 1.56 bits per heavy atom. The van der Waals surface area contributed by atoms with Gasteiger partial charge in [-0.05, 0) is 19.9 Å². The number of rotatable bonds is 4. The van der Waals surface area contributed by atoms with Gasteiger partial charge < -0.3 is 15.0 Å². The fourth-order valence-corrected chi connectivity index (χ4v) is 1.66. The quantitative estimate of drug-likeness (QED) is 0.811. The van der Waals surface area contributed by atoms with Crippen molar-refractivity contribution in [1.82, 2.24) is 15.3 Å². The highest BCUT2D eigenvalue weighted by Gasteiger charge is 2.16. The van der Waals surface area contributed by atoms with Gasteiger partial charge in [0.05, 0.1) is 0 Å². The zero-order chi connectivity index (χ0) is 11.4. The minimum Gasteiger partial charge on any atom is -0.473 e. The minimum atomic E-state index is 0.245. The first kappa shape index (κ1) is 11.1. The van der Waals surface area contributed by atoms with E-state index in [1.54, 1.807) is 6.33 Å². The zero-order valence-corrected chi connectivity index (χ0v) is 9.81. The van der Waals surface area contributed by atoms with Gasteiger partial charge in [-0.15, -0.1) is 0 Å². The highest BCUT2D eigenvalue weighted by atomic mass is 16.5. The average molecular weight is 222 g/mol. The predicted octanol–water partition coefficient (Wildman–Crippen LogP) is 0.673. The van der Waals surface area contributed by atoms with Gasteiger partial charge in [-0.1, -0.05) is 0 Å². The van der Waals surface area contributed by atoms with Gasteiger partial charge in [0.2, 0.25) is 5.88 Å². The van der Waals surface area contributed by atoms with Crippen LogP contribution in [-0.2, 0) is 0 Å². The van der Waals surface area contributed by atoms with Crippen molar-refractivity contribution in [2.75, 3.05) is 31.6 Å². The number of nitrogens with zero attached hydrogens (tertiary/aromatic N) is 3. The van der Waals surface area contributed by atoms with Crippen molar-refractivity contribution in [2.24, 2.45) is 0 Å². The van der Waals surface area contributed by atoms with Crippen LogP contribution in [0.1, 0.15) is 13.3 Å². The Kier molecular flexibility index (Phi) is 3.56. The minimum absolute atomic E-state index is 0.245. The van der Waals surface area contributed by atoms with Gasteiger partial charge in [-0.3, -0.25) is 0 Å². The van der Waals surface area contributed by atoms with Gasteiger partial charge in [-0.25, -0.2) is 9.97 Å². The molecule has 0 bridgehead atoms. The van der Waals surface area contributed by atoms with E-state index in [0.717, 1.165) is 31.9 Å². The predicted molar refractivity (Wildman–Crippen MR) is 62.9 cm³/mol. The van der Waals surface area contributed by atoms with E-state index in [-0.39, 0.29) is 6.10 Å². The Morgan fingerprint density at radius 2 is 2.44 bits per heavy atom. The molecule has 1 saturated heterocycles. The van der Waals surface area contributed by atoms with E-state index >= 15 is 0 Å². The van der Waals surface area contributed by atoms with Gasteiger partial charge >= 0.3 is 0 Å². The molecule has 2 rings (SSSR count). The Bertz CT molecular complexity index is 339. The van der Waals surface area contributed by atoms with Crippen LogP contribution in [0.4, 0.5) is 5.82 Å². The molecule has 5 heteroatoms. The maximum absolute atomic E-state index is 5.77. The number of hydrogen-bond donors (Lipinski definition) is 1. The molecule has 1 atom stereocenters. The number of ether oxygens (including phenoxy) is 1. The monoisotopic (exact) mass is 222 g/mol. The highest BCUT2D eigenvalue weighted by Crippen LogP contribution is 2.16. The van der Waals surface area contributed by atoms with Gasteiger partial charge in [0.15, 0.2) is 0 Å². The summed E-state index contributed by atoms with van der Waals surface area (Å²) in [6, 6.07) is 1.89. The molecular formula is C11H18N4O. The van der Waals surface area contributed by atoms with Crippen molar-refractivity contribution < 1.29 is 4.74 Å². The molecule has 0 radical (unpaired) electrons. The smallest absolute Gasteiger partial charge is 0.218 e. The van der Waals surface area contributed by atoms with E-state index in [0.29, 0.717) is 5.88 Å². The summed E-state index contributed by atoms with van der Waals surface area (Å²) in [5.74, 6) is 1.57. The Labute approximate surface area is 95.8 Å². The van der Waals surface area contributed by atoms with Crippen molar-refractivity contribution >= 4 is 5.82 Å². The molecule has 1 aliphatic heterocycles. The Morgan fingerprint density at radius 3 is 3.12 bits per heavy atom. The molecule has 1 unspecified atom stereocenters. The van der Waals surface area contributed by atoms with Gasteiger partial charge in [0.25, 0.3) is 0 Å². The lowest BCUT2D eigenvalue weighted by atomic mass is 10.3.